The zero-order valence-electron chi connectivity index (χ0n) is 15.2. The summed E-state index contributed by atoms with van der Waals surface area (Å²) in [5.74, 6) is 0.258. The third kappa shape index (κ3) is 5.29. The maximum absolute atomic E-state index is 12.4. The van der Waals surface area contributed by atoms with Gasteiger partial charge in [0, 0.05) is 19.3 Å². The number of hydrogen-bond donors (Lipinski definition) is 1. The molecule has 0 atom stereocenters. The zero-order valence-corrected chi connectivity index (χ0v) is 16.0. The zero-order chi connectivity index (χ0) is 19.3. The van der Waals surface area contributed by atoms with Gasteiger partial charge in [-0.3, -0.25) is 0 Å². The van der Waals surface area contributed by atoms with Crippen LogP contribution in [-0.2, 0) is 6.54 Å². The van der Waals surface area contributed by atoms with Crippen LogP contribution >= 0.6 is 12.2 Å². The van der Waals surface area contributed by atoms with Gasteiger partial charge in [-0.15, -0.1) is 0 Å². The Balaban J connectivity index is 2.04. The number of thiocarbonyl (C=S) groups is 1. The minimum absolute atomic E-state index is 0.00438. The maximum Gasteiger partial charge on any atom is 0.387 e. The molecule has 0 spiro atoms. The topological polar surface area (TPSA) is 33.7 Å². The maximum atomic E-state index is 12.4. The van der Waals surface area contributed by atoms with Gasteiger partial charge < -0.3 is 19.7 Å². The summed E-state index contributed by atoms with van der Waals surface area (Å²) >= 11 is 5.44. The van der Waals surface area contributed by atoms with Crippen molar-refractivity contribution in [2.45, 2.75) is 27.0 Å². The smallest absolute Gasteiger partial charge is 0.387 e. The van der Waals surface area contributed by atoms with E-state index in [4.69, 9.17) is 17.0 Å². The summed E-state index contributed by atoms with van der Waals surface area (Å²) in [6.07, 6.45) is 0. The van der Waals surface area contributed by atoms with Crippen LogP contribution in [0.4, 0.5) is 14.5 Å². The molecule has 0 aliphatic carbocycles. The first-order valence-corrected chi connectivity index (χ1v) is 8.42. The van der Waals surface area contributed by atoms with Gasteiger partial charge in [-0.05, 0) is 67.0 Å². The molecule has 0 aliphatic heterocycles. The van der Waals surface area contributed by atoms with Crippen LogP contribution in [0, 0.1) is 13.8 Å². The number of rotatable bonds is 6. The van der Waals surface area contributed by atoms with Gasteiger partial charge in [0.25, 0.3) is 0 Å². The van der Waals surface area contributed by atoms with Crippen molar-refractivity contribution >= 4 is 23.0 Å². The molecule has 2 rings (SSSR count). The second-order valence-corrected chi connectivity index (χ2v) is 6.34. The van der Waals surface area contributed by atoms with E-state index in [2.05, 4.69) is 17.0 Å². The van der Waals surface area contributed by atoms with Gasteiger partial charge in [-0.25, -0.2) is 0 Å². The number of hydrogen-bond acceptors (Lipinski definition) is 3. The molecule has 1 N–H and O–H groups in total. The summed E-state index contributed by atoms with van der Waals surface area (Å²) in [5, 5.41) is 3.75. The molecule has 0 bridgehead atoms. The minimum atomic E-state index is -2.90. The summed E-state index contributed by atoms with van der Waals surface area (Å²) in [5.41, 5.74) is 4.17. The average Bonchev–Trinajstić information content (AvgIpc) is 2.59. The molecular weight excluding hydrogens is 358 g/mol. The largest absolute Gasteiger partial charge is 0.493 e. The molecule has 0 aliphatic rings. The van der Waals surface area contributed by atoms with E-state index in [1.165, 1.54) is 24.3 Å². The Morgan fingerprint density at radius 1 is 1.12 bits per heavy atom. The molecule has 0 amide bonds. The van der Waals surface area contributed by atoms with Crippen molar-refractivity contribution in [3.05, 3.63) is 53.1 Å². The fraction of sp³-hybridized carbons (Fsp3) is 0.316. The molecule has 0 saturated heterocycles. The molecule has 26 heavy (non-hydrogen) atoms. The average molecular weight is 380 g/mol. The first kappa shape index (κ1) is 19.9. The molecule has 7 heteroatoms. The molecule has 2 aromatic rings. The lowest BCUT2D eigenvalue weighted by Gasteiger charge is -2.22. The van der Waals surface area contributed by atoms with E-state index >= 15 is 0 Å². The third-order valence-corrected chi connectivity index (χ3v) is 4.38. The highest BCUT2D eigenvalue weighted by atomic mass is 32.1. The molecule has 2 aromatic carbocycles. The van der Waals surface area contributed by atoms with Crippen molar-refractivity contribution in [1.29, 1.82) is 0 Å². The molecule has 4 nitrogen and oxygen atoms in total. The second kappa shape index (κ2) is 8.80. The Bertz CT molecular complexity index is 784. The third-order valence-electron chi connectivity index (χ3n) is 3.97. The van der Waals surface area contributed by atoms with Crippen LogP contribution in [0.1, 0.15) is 16.7 Å². The van der Waals surface area contributed by atoms with Gasteiger partial charge in [0.05, 0.1) is 7.11 Å². The highest BCUT2D eigenvalue weighted by Gasteiger charge is 2.13. The van der Waals surface area contributed by atoms with E-state index in [-0.39, 0.29) is 11.5 Å². The van der Waals surface area contributed by atoms with Gasteiger partial charge >= 0.3 is 6.61 Å². The first-order valence-electron chi connectivity index (χ1n) is 8.01. The van der Waals surface area contributed by atoms with E-state index < -0.39 is 6.61 Å². The summed E-state index contributed by atoms with van der Waals surface area (Å²) in [7, 11) is 3.26. The van der Waals surface area contributed by atoms with Crippen molar-refractivity contribution in [2.24, 2.45) is 0 Å². The van der Waals surface area contributed by atoms with Crippen molar-refractivity contribution < 1.29 is 18.3 Å². The number of nitrogens with zero attached hydrogens (tertiary/aromatic N) is 1. The van der Waals surface area contributed by atoms with Gasteiger partial charge in [0.2, 0.25) is 0 Å². The fourth-order valence-electron chi connectivity index (χ4n) is 2.39. The number of nitrogens with one attached hydrogen (secondary N) is 1. The Morgan fingerprint density at radius 2 is 1.85 bits per heavy atom. The van der Waals surface area contributed by atoms with Crippen LogP contribution in [0.15, 0.2) is 36.4 Å². The Labute approximate surface area is 157 Å². The molecule has 0 aromatic heterocycles. The number of halogens is 2. The second-order valence-electron chi connectivity index (χ2n) is 5.95. The SMILES string of the molecule is COc1cc(CN(C)C(=S)Nc2ccc(C)c(C)c2)ccc1OC(F)F. The van der Waals surface area contributed by atoms with E-state index in [0.717, 1.165) is 11.3 Å². The predicted octanol–water partition coefficient (Wildman–Crippen LogP) is 4.74. The van der Waals surface area contributed by atoms with E-state index in [0.29, 0.717) is 11.7 Å². The molecular formula is C19H22F2N2O2S. The molecule has 0 unspecified atom stereocenters. The van der Waals surface area contributed by atoms with Crippen LogP contribution in [-0.4, -0.2) is 30.8 Å². The summed E-state index contributed by atoms with van der Waals surface area (Å²) in [6, 6.07) is 10.9. The molecule has 0 heterocycles. The summed E-state index contributed by atoms with van der Waals surface area (Å²) < 4.78 is 34.4. The van der Waals surface area contributed by atoms with Crippen LogP contribution in [0.25, 0.3) is 0 Å². The number of ether oxygens (including phenoxy) is 2. The van der Waals surface area contributed by atoms with Crippen LogP contribution < -0.4 is 14.8 Å². The van der Waals surface area contributed by atoms with Gasteiger partial charge in [0.1, 0.15) is 0 Å². The van der Waals surface area contributed by atoms with Crippen molar-refractivity contribution in [3.8, 4) is 11.5 Å². The monoisotopic (exact) mass is 380 g/mol. The Kier molecular flexibility index (Phi) is 6.74. The van der Waals surface area contributed by atoms with Crippen LogP contribution in [0.3, 0.4) is 0 Å². The van der Waals surface area contributed by atoms with E-state index in [1.807, 2.05) is 37.1 Å². The van der Waals surface area contributed by atoms with Gasteiger partial charge in [-0.1, -0.05) is 12.1 Å². The van der Waals surface area contributed by atoms with Crippen molar-refractivity contribution in [1.82, 2.24) is 4.90 Å². The van der Waals surface area contributed by atoms with E-state index in [1.54, 1.807) is 12.1 Å². The first-order chi connectivity index (χ1) is 12.3. The highest BCUT2D eigenvalue weighted by molar-refractivity contribution is 7.80. The lowest BCUT2D eigenvalue weighted by atomic mass is 10.1. The lowest BCUT2D eigenvalue weighted by molar-refractivity contribution is -0.0512. The molecule has 0 saturated carbocycles. The van der Waals surface area contributed by atoms with Crippen molar-refractivity contribution in [2.75, 3.05) is 19.5 Å². The van der Waals surface area contributed by atoms with Gasteiger partial charge in [0.15, 0.2) is 16.6 Å². The van der Waals surface area contributed by atoms with Crippen molar-refractivity contribution in [3.63, 3.8) is 0 Å². The fourth-order valence-corrected chi connectivity index (χ4v) is 2.57. The summed E-state index contributed by atoms with van der Waals surface area (Å²) in [6.45, 7) is 1.69. The number of alkyl halides is 2. The highest BCUT2D eigenvalue weighted by Crippen LogP contribution is 2.29. The molecule has 0 fully saturated rings. The lowest BCUT2D eigenvalue weighted by Crippen LogP contribution is -2.30. The Morgan fingerprint density at radius 3 is 2.46 bits per heavy atom. The van der Waals surface area contributed by atoms with E-state index in [9.17, 15) is 8.78 Å². The predicted molar refractivity (Wildman–Crippen MR) is 103 cm³/mol. The number of methoxy groups -OCH3 is 1. The number of anilines is 1. The normalized spacial score (nSPS) is 10.6. The quantitative estimate of drug-likeness (QED) is 0.732. The van der Waals surface area contributed by atoms with Crippen LogP contribution in [0.2, 0.25) is 0 Å². The standard InChI is InChI=1S/C19H22F2N2O2S/c1-12-5-7-15(9-13(12)2)22-19(26)23(3)11-14-6-8-16(25-18(20)21)17(10-14)24-4/h5-10,18H,11H2,1-4H3,(H,22,26). The summed E-state index contributed by atoms with van der Waals surface area (Å²) in [4.78, 5) is 1.85. The number of aryl methyl sites for hydroxylation is 2. The Hall–Kier alpha value is -2.41. The number of benzene rings is 2. The van der Waals surface area contributed by atoms with Gasteiger partial charge in [-0.2, -0.15) is 8.78 Å². The molecule has 140 valence electrons. The van der Waals surface area contributed by atoms with Crippen LogP contribution in [0.5, 0.6) is 11.5 Å². The minimum Gasteiger partial charge on any atom is -0.493 e. The molecule has 0 radical (unpaired) electrons.